The monoisotopic (exact) mass is 803 g/mol. The largest absolute Gasteiger partial charge is 0.310 e. The lowest BCUT2D eigenvalue weighted by Crippen LogP contribution is -2.28. The van der Waals surface area contributed by atoms with Gasteiger partial charge in [-0.25, -0.2) is 4.98 Å². The molecule has 0 amide bonds. The summed E-state index contributed by atoms with van der Waals surface area (Å²) in [5.41, 5.74) is 10.8. The lowest BCUT2D eigenvalue weighted by molar-refractivity contribution is 1.07. The van der Waals surface area contributed by atoms with Crippen LogP contribution in [0.2, 0.25) is 0 Å². The summed E-state index contributed by atoms with van der Waals surface area (Å²) in [5.74, 6) is 0.880. The van der Waals surface area contributed by atoms with Crippen molar-refractivity contribution in [1.29, 1.82) is 0 Å². The molecule has 3 heterocycles. The zero-order valence-electron chi connectivity index (χ0n) is 34.8. The van der Waals surface area contributed by atoms with Crippen LogP contribution in [0.4, 0.5) is 0 Å². The van der Waals surface area contributed by atoms with Gasteiger partial charge in [-0.1, -0.05) is 170 Å². The van der Waals surface area contributed by atoms with Crippen molar-refractivity contribution >= 4 is 82.8 Å². The molecule has 296 valence electrons. The van der Waals surface area contributed by atoms with Crippen LogP contribution >= 0.6 is 0 Å². The highest BCUT2D eigenvalue weighted by Gasteiger charge is 2.18. The van der Waals surface area contributed by atoms with Gasteiger partial charge in [0.2, 0.25) is 0 Å². The molecule has 9 aromatic carbocycles. The van der Waals surface area contributed by atoms with Gasteiger partial charge in [-0.3, -0.25) is 4.57 Å². The Morgan fingerprint density at radius 2 is 0.968 bits per heavy atom. The van der Waals surface area contributed by atoms with Crippen LogP contribution in [0.3, 0.4) is 0 Å². The van der Waals surface area contributed by atoms with Crippen LogP contribution in [-0.2, 0) is 0 Å². The van der Waals surface area contributed by atoms with Crippen LogP contribution in [-0.4, -0.2) is 14.1 Å². The Hall–Kier alpha value is -8.27. The normalized spacial score (nSPS) is 12.5. The highest BCUT2D eigenvalue weighted by Crippen LogP contribution is 2.38. The molecule has 0 atom stereocenters. The third-order valence-electron chi connectivity index (χ3n) is 12.8. The van der Waals surface area contributed by atoms with Crippen LogP contribution in [0, 0.1) is 0 Å². The minimum Gasteiger partial charge on any atom is -0.310 e. The average molecular weight is 804 g/mol. The van der Waals surface area contributed by atoms with Crippen molar-refractivity contribution in [2.24, 2.45) is 0 Å². The lowest BCUT2D eigenvalue weighted by Gasteiger charge is -2.13. The molecule has 0 radical (unpaired) electrons. The summed E-state index contributed by atoms with van der Waals surface area (Å²) in [7, 11) is 0. The summed E-state index contributed by atoms with van der Waals surface area (Å²) < 4.78 is 4.72. The predicted octanol–water partition coefficient (Wildman–Crippen LogP) is 14.2. The molecule has 0 aliphatic rings. The van der Waals surface area contributed by atoms with Gasteiger partial charge in [0.25, 0.3) is 0 Å². The van der Waals surface area contributed by atoms with Crippen molar-refractivity contribution in [3.05, 3.63) is 229 Å². The summed E-state index contributed by atoms with van der Waals surface area (Å²) in [6.45, 7) is 6.87. The molecule has 0 aliphatic carbocycles. The van der Waals surface area contributed by atoms with Gasteiger partial charge in [0.15, 0.2) is 0 Å². The van der Waals surface area contributed by atoms with E-state index in [1.165, 1.54) is 43.1 Å². The third kappa shape index (κ3) is 5.93. The van der Waals surface area contributed by atoms with E-state index in [0.717, 1.165) is 77.5 Å². The number of hydrogen-bond acceptors (Lipinski definition) is 1. The van der Waals surface area contributed by atoms with Crippen LogP contribution in [0.1, 0.15) is 12.5 Å². The fourth-order valence-corrected chi connectivity index (χ4v) is 9.90. The van der Waals surface area contributed by atoms with Crippen molar-refractivity contribution in [2.75, 3.05) is 0 Å². The van der Waals surface area contributed by atoms with E-state index in [0.29, 0.717) is 0 Å². The van der Waals surface area contributed by atoms with Crippen molar-refractivity contribution < 1.29 is 0 Å². The molecule has 0 saturated carbocycles. The molecule has 12 aromatic rings. The van der Waals surface area contributed by atoms with E-state index in [9.17, 15) is 0 Å². The van der Waals surface area contributed by atoms with E-state index in [1.807, 2.05) is 6.07 Å². The maximum atomic E-state index is 5.34. The van der Waals surface area contributed by atoms with Gasteiger partial charge in [0, 0.05) is 38.0 Å². The first kappa shape index (κ1) is 36.6. The van der Waals surface area contributed by atoms with E-state index in [1.54, 1.807) is 0 Å². The minimum absolute atomic E-state index is 0.880. The Labute approximate surface area is 365 Å². The highest BCUT2D eigenvalue weighted by atomic mass is 15.1. The molecular formula is C60H41N3. The van der Waals surface area contributed by atoms with Crippen LogP contribution < -0.4 is 10.6 Å². The summed E-state index contributed by atoms with van der Waals surface area (Å²) in [6, 6.07) is 74.1. The summed E-state index contributed by atoms with van der Waals surface area (Å²) in [5, 5.41) is 13.4. The van der Waals surface area contributed by atoms with Crippen LogP contribution in [0.15, 0.2) is 213 Å². The van der Waals surface area contributed by atoms with Gasteiger partial charge < -0.3 is 4.57 Å². The molecule has 3 nitrogen and oxygen atoms in total. The molecule has 0 saturated heterocycles. The Morgan fingerprint density at radius 1 is 0.429 bits per heavy atom. The Kier molecular flexibility index (Phi) is 8.55. The minimum atomic E-state index is 0.880. The molecule has 3 aromatic heterocycles. The van der Waals surface area contributed by atoms with Crippen LogP contribution in [0.5, 0.6) is 0 Å². The predicted molar refractivity (Wildman–Crippen MR) is 268 cm³/mol. The number of fused-ring (bicyclic) bond motifs is 10. The van der Waals surface area contributed by atoms with E-state index >= 15 is 0 Å². The van der Waals surface area contributed by atoms with Gasteiger partial charge >= 0.3 is 0 Å². The Morgan fingerprint density at radius 3 is 1.63 bits per heavy atom. The number of benzene rings is 9. The molecule has 12 rings (SSSR count). The standard InChI is InChI=1S/C60H41N3/c1-3-56-53(50-26-14-16-28-57(50)62(56)44-31-32-49-47-24-11-10-22-45(47)46-23-12-13-25-48(46)52(49)38-44)34-39(2)42-30-33-59-54(35-42)51-27-15-17-29-58(51)63(59)60-37-43(40-18-6-4-7-19-40)36-55(61-60)41-20-8-5-9-21-41/h3-38H,2H2,1H3/b53-34-,56-3+. The number of nitrogens with zero attached hydrogens (tertiary/aromatic N) is 3. The molecular weight excluding hydrogens is 763 g/mol. The first-order valence-corrected chi connectivity index (χ1v) is 21.6. The van der Waals surface area contributed by atoms with Crippen molar-refractivity contribution in [2.45, 2.75) is 6.92 Å². The van der Waals surface area contributed by atoms with E-state index in [2.05, 4.69) is 228 Å². The molecule has 0 unspecified atom stereocenters. The van der Waals surface area contributed by atoms with Crippen LogP contribution in [0.25, 0.3) is 117 Å². The lowest BCUT2D eigenvalue weighted by atomic mass is 9.94. The number of hydrogen-bond donors (Lipinski definition) is 0. The molecule has 63 heavy (non-hydrogen) atoms. The van der Waals surface area contributed by atoms with Crippen molar-refractivity contribution in [1.82, 2.24) is 14.1 Å². The molecule has 0 N–H and O–H groups in total. The SMILES string of the molecule is C=C(/C=c1\c(=C/C)n(-c2ccc3c4ccccc4c4ccccc4c3c2)c2ccccc12)c1ccc2c(c1)c1ccccc1n2-c1cc(-c2ccccc2)cc(-c2ccccc2)n1. The molecule has 3 heteroatoms. The van der Waals surface area contributed by atoms with Gasteiger partial charge in [0.1, 0.15) is 5.82 Å². The second kappa shape index (κ2) is 14.7. The average Bonchev–Trinajstić information content (AvgIpc) is 3.86. The summed E-state index contributed by atoms with van der Waals surface area (Å²) in [6.07, 6.45) is 4.51. The quantitative estimate of drug-likeness (QED) is 0.154. The van der Waals surface area contributed by atoms with Gasteiger partial charge in [-0.15, -0.1) is 0 Å². The first-order chi connectivity index (χ1) is 31.1. The third-order valence-corrected chi connectivity index (χ3v) is 12.8. The second-order valence-corrected chi connectivity index (χ2v) is 16.3. The zero-order valence-corrected chi connectivity index (χ0v) is 34.8. The topological polar surface area (TPSA) is 22.8 Å². The maximum absolute atomic E-state index is 5.34. The second-order valence-electron chi connectivity index (χ2n) is 16.3. The summed E-state index contributed by atoms with van der Waals surface area (Å²) in [4.78, 5) is 5.34. The number of para-hydroxylation sites is 2. The fraction of sp³-hybridized carbons (Fsp3) is 0.0167. The van der Waals surface area contributed by atoms with E-state index in [-0.39, 0.29) is 0 Å². The zero-order chi connectivity index (χ0) is 42.0. The smallest absolute Gasteiger partial charge is 0.138 e. The number of rotatable bonds is 6. The maximum Gasteiger partial charge on any atom is 0.138 e. The van der Waals surface area contributed by atoms with E-state index < -0.39 is 0 Å². The van der Waals surface area contributed by atoms with Gasteiger partial charge in [0.05, 0.1) is 22.2 Å². The molecule has 0 fully saturated rings. The first-order valence-electron chi connectivity index (χ1n) is 21.6. The number of allylic oxidation sites excluding steroid dienone is 1. The van der Waals surface area contributed by atoms with Gasteiger partial charge in [-0.05, 0) is 116 Å². The number of pyridine rings is 1. The molecule has 0 aliphatic heterocycles. The van der Waals surface area contributed by atoms with Gasteiger partial charge in [-0.2, -0.15) is 0 Å². The number of aromatic nitrogens is 3. The van der Waals surface area contributed by atoms with Crippen molar-refractivity contribution in [3.8, 4) is 33.9 Å². The molecule has 0 spiro atoms. The fourth-order valence-electron chi connectivity index (χ4n) is 9.90. The van der Waals surface area contributed by atoms with Crippen molar-refractivity contribution in [3.63, 3.8) is 0 Å². The Balaban J connectivity index is 1.02. The summed E-state index contributed by atoms with van der Waals surface area (Å²) >= 11 is 0. The highest BCUT2D eigenvalue weighted by molar-refractivity contribution is 6.25. The Bertz CT molecular complexity index is 3830. The van der Waals surface area contributed by atoms with E-state index in [4.69, 9.17) is 11.6 Å². The molecule has 0 bridgehead atoms.